The van der Waals surface area contributed by atoms with Gasteiger partial charge in [0.1, 0.15) is 0 Å². The molecule has 0 saturated carbocycles. The minimum Gasteiger partial charge on any atom is -0.389 e. The van der Waals surface area contributed by atoms with Crippen molar-refractivity contribution in [1.82, 2.24) is 9.78 Å². The van der Waals surface area contributed by atoms with Gasteiger partial charge in [-0.15, -0.1) is 0 Å². The van der Waals surface area contributed by atoms with Crippen molar-refractivity contribution < 1.29 is 18.3 Å². The predicted molar refractivity (Wildman–Crippen MR) is 60.8 cm³/mol. The molecule has 1 heterocycles. The quantitative estimate of drug-likeness (QED) is 0.824. The van der Waals surface area contributed by atoms with E-state index in [2.05, 4.69) is 5.10 Å². The molecule has 3 N–H and O–H groups in total. The minimum absolute atomic E-state index is 0.149. The molecule has 4 nitrogen and oxygen atoms in total. The van der Waals surface area contributed by atoms with Gasteiger partial charge in [-0.1, -0.05) is 6.92 Å². The molecule has 18 heavy (non-hydrogen) atoms. The van der Waals surface area contributed by atoms with E-state index in [-0.39, 0.29) is 6.54 Å². The Bertz CT molecular complexity index is 372. The molecule has 0 spiro atoms. The summed E-state index contributed by atoms with van der Waals surface area (Å²) in [5.74, 6) is 0. The maximum atomic E-state index is 12.3. The van der Waals surface area contributed by atoms with Crippen LogP contribution in [-0.2, 0) is 12.7 Å². The third kappa shape index (κ3) is 3.99. The Morgan fingerprint density at radius 2 is 2.11 bits per heavy atom. The number of alkyl halides is 3. The molecular formula is C11H18F3N3O. The summed E-state index contributed by atoms with van der Waals surface area (Å²) in [6, 6.07) is 0. The van der Waals surface area contributed by atoms with E-state index in [1.54, 1.807) is 0 Å². The summed E-state index contributed by atoms with van der Waals surface area (Å²) in [5, 5.41) is 13.5. The second-order valence-electron chi connectivity index (χ2n) is 4.38. The Balaban J connectivity index is 2.48. The van der Waals surface area contributed by atoms with E-state index in [1.807, 2.05) is 6.92 Å². The lowest BCUT2D eigenvalue weighted by atomic mass is 9.95. The Morgan fingerprint density at radius 3 is 2.56 bits per heavy atom. The van der Waals surface area contributed by atoms with Crippen LogP contribution in [0.4, 0.5) is 13.2 Å². The molecule has 0 aliphatic rings. The van der Waals surface area contributed by atoms with Crippen molar-refractivity contribution in [2.45, 2.75) is 44.5 Å². The van der Waals surface area contributed by atoms with Gasteiger partial charge in [-0.3, -0.25) is 4.68 Å². The van der Waals surface area contributed by atoms with Crippen LogP contribution in [0.3, 0.4) is 0 Å². The molecule has 0 aliphatic carbocycles. The molecule has 0 saturated heterocycles. The topological polar surface area (TPSA) is 64.1 Å². The van der Waals surface area contributed by atoms with Gasteiger partial charge >= 0.3 is 6.18 Å². The van der Waals surface area contributed by atoms with Crippen LogP contribution in [0.5, 0.6) is 0 Å². The predicted octanol–water partition coefficient (Wildman–Crippen LogP) is 1.78. The van der Waals surface area contributed by atoms with Gasteiger partial charge in [-0.05, 0) is 19.3 Å². The maximum Gasteiger partial charge on any atom is 0.419 e. The number of nitrogens with two attached hydrogens (primary N) is 1. The van der Waals surface area contributed by atoms with E-state index in [0.717, 1.165) is 12.4 Å². The fourth-order valence-corrected chi connectivity index (χ4v) is 1.63. The van der Waals surface area contributed by atoms with Crippen molar-refractivity contribution in [1.29, 1.82) is 0 Å². The first-order chi connectivity index (χ1) is 8.30. The van der Waals surface area contributed by atoms with Gasteiger partial charge < -0.3 is 10.8 Å². The molecule has 0 amide bonds. The summed E-state index contributed by atoms with van der Waals surface area (Å²) in [6.45, 7) is 2.30. The molecule has 1 aromatic heterocycles. The van der Waals surface area contributed by atoms with E-state index >= 15 is 0 Å². The number of hydrogen-bond donors (Lipinski definition) is 2. The van der Waals surface area contributed by atoms with Crippen molar-refractivity contribution in [3.05, 3.63) is 18.0 Å². The average molecular weight is 265 g/mol. The fraction of sp³-hybridized carbons (Fsp3) is 0.727. The van der Waals surface area contributed by atoms with E-state index in [1.165, 1.54) is 4.68 Å². The summed E-state index contributed by atoms with van der Waals surface area (Å²) in [4.78, 5) is 0. The molecule has 104 valence electrons. The van der Waals surface area contributed by atoms with Crippen LogP contribution >= 0.6 is 0 Å². The molecule has 1 atom stereocenters. The zero-order valence-electron chi connectivity index (χ0n) is 10.2. The van der Waals surface area contributed by atoms with Crippen LogP contribution in [0.1, 0.15) is 31.7 Å². The fourth-order valence-electron chi connectivity index (χ4n) is 1.63. The van der Waals surface area contributed by atoms with Crippen LogP contribution < -0.4 is 5.73 Å². The number of rotatable bonds is 6. The summed E-state index contributed by atoms with van der Waals surface area (Å²) in [7, 11) is 0. The van der Waals surface area contributed by atoms with Crippen molar-refractivity contribution in [2.24, 2.45) is 5.73 Å². The van der Waals surface area contributed by atoms with Crippen LogP contribution in [0.15, 0.2) is 12.4 Å². The Hall–Kier alpha value is -1.08. The SMILES string of the molecule is CCC(O)(CN)CCCn1cc(C(F)(F)F)cn1. The van der Waals surface area contributed by atoms with Crippen LogP contribution in [0.2, 0.25) is 0 Å². The number of hydrogen-bond acceptors (Lipinski definition) is 3. The molecule has 1 unspecified atom stereocenters. The lowest BCUT2D eigenvalue weighted by Crippen LogP contribution is -2.37. The molecule has 0 aliphatic heterocycles. The first kappa shape index (κ1) is 15.0. The third-order valence-electron chi connectivity index (χ3n) is 3.03. The highest BCUT2D eigenvalue weighted by molar-refractivity contribution is 5.08. The summed E-state index contributed by atoms with van der Waals surface area (Å²) >= 11 is 0. The van der Waals surface area contributed by atoms with Crippen molar-refractivity contribution in [3.8, 4) is 0 Å². The Labute approximate surface area is 104 Å². The second kappa shape index (κ2) is 5.71. The van der Waals surface area contributed by atoms with Crippen molar-refractivity contribution >= 4 is 0 Å². The molecule has 0 fully saturated rings. The smallest absolute Gasteiger partial charge is 0.389 e. The molecule has 7 heteroatoms. The first-order valence-electron chi connectivity index (χ1n) is 5.83. The number of halogens is 3. The van der Waals surface area contributed by atoms with Gasteiger partial charge in [0, 0.05) is 19.3 Å². The number of nitrogens with zero attached hydrogens (tertiary/aromatic N) is 2. The van der Waals surface area contributed by atoms with E-state index in [9.17, 15) is 18.3 Å². The van der Waals surface area contributed by atoms with Gasteiger partial charge in [0.05, 0.1) is 17.4 Å². The lowest BCUT2D eigenvalue weighted by molar-refractivity contribution is -0.137. The van der Waals surface area contributed by atoms with Gasteiger partial charge in [-0.25, -0.2) is 0 Å². The monoisotopic (exact) mass is 265 g/mol. The average Bonchev–Trinajstić information content (AvgIpc) is 2.77. The Kier molecular flexibility index (Phi) is 4.75. The molecule has 1 rings (SSSR count). The standard InChI is InChI=1S/C11H18F3N3O/c1-2-10(18,8-15)4-3-5-17-7-9(6-16-17)11(12,13)14/h6-7,18H,2-5,8,15H2,1H3. The van der Waals surface area contributed by atoms with Crippen molar-refractivity contribution in [3.63, 3.8) is 0 Å². The molecule has 1 aromatic rings. The highest BCUT2D eigenvalue weighted by atomic mass is 19.4. The van der Waals surface area contributed by atoms with Gasteiger partial charge in [0.2, 0.25) is 0 Å². The van der Waals surface area contributed by atoms with Gasteiger partial charge in [0.25, 0.3) is 0 Å². The summed E-state index contributed by atoms with van der Waals surface area (Å²) in [5.41, 5.74) is 3.75. The van der Waals surface area contributed by atoms with Crippen LogP contribution in [-0.4, -0.2) is 27.0 Å². The normalized spacial score (nSPS) is 15.7. The van der Waals surface area contributed by atoms with Crippen LogP contribution in [0.25, 0.3) is 0 Å². The number of aliphatic hydroxyl groups is 1. The highest BCUT2D eigenvalue weighted by Gasteiger charge is 2.32. The second-order valence-corrected chi connectivity index (χ2v) is 4.38. The zero-order chi connectivity index (χ0) is 13.8. The third-order valence-corrected chi connectivity index (χ3v) is 3.03. The van der Waals surface area contributed by atoms with E-state index < -0.39 is 17.3 Å². The largest absolute Gasteiger partial charge is 0.419 e. The summed E-state index contributed by atoms with van der Waals surface area (Å²) < 4.78 is 38.2. The summed E-state index contributed by atoms with van der Waals surface area (Å²) in [6.07, 6.45) is -1.10. The zero-order valence-corrected chi connectivity index (χ0v) is 10.2. The van der Waals surface area contributed by atoms with Crippen molar-refractivity contribution in [2.75, 3.05) is 6.54 Å². The molecule has 0 bridgehead atoms. The number of aromatic nitrogens is 2. The lowest BCUT2D eigenvalue weighted by Gasteiger charge is -2.24. The van der Waals surface area contributed by atoms with Gasteiger partial charge in [-0.2, -0.15) is 18.3 Å². The Morgan fingerprint density at radius 1 is 1.44 bits per heavy atom. The molecule has 0 radical (unpaired) electrons. The van der Waals surface area contributed by atoms with E-state index in [0.29, 0.717) is 25.8 Å². The van der Waals surface area contributed by atoms with Crippen LogP contribution in [0, 0.1) is 0 Å². The maximum absolute atomic E-state index is 12.3. The van der Waals surface area contributed by atoms with Gasteiger partial charge in [0.15, 0.2) is 0 Å². The first-order valence-corrected chi connectivity index (χ1v) is 5.83. The minimum atomic E-state index is -4.36. The van der Waals surface area contributed by atoms with E-state index in [4.69, 9.17) is 5.73 Å². The molecule has 0 aromatic carbocycles. The number of aryl methyl sites for hydroxylation is 1. The highest BCUT2D eigenvalue weighted by Crippen LogP contribution is 2.28. The molecular weight excluding hydrogens is 247 g/mol.